The molecule has 1 aliphatic heterocycles. The number of aromatic nitrogens is 1. The van der Waals surface area contributed by atoms with Gasteiger partial charge in [-0.25, -0.2) is 0 Å². The maximum Gasteiger partial charge on any atom is 0.270 e. The van der Waals surface area contributed by atoms with Crippen LogP contribution in [0.15, 0.2) is 36.4 Å². The average molecular weight is 270 g/mol. The number of thiazole rings is 1. The molecule has 1 aromatic carbocycles. The Morgan fingerprint density at radius 2 is 1.84 bits per heavy atom. The third-order valence-corrected chi connectivity index (χ3v) is 4.87. The zero-order chi connectivity index (χ0) is 12.8. The van der Waals surface area contributed by atoms with Gasteiger partial charge in [-0.15, -0.1) is 11.3 Å². The lowest BCUT2D eigenvalue weighted by molar-refractivity contribution is 0.0786. The molecule has 4 heteroatoms. The number of hydrogen-bond donors (Lipinski definition) is 0. The van der Waals surface area contributed by atoms with E-state index in [2.05, 4.69) is 16.5 Å². The lowest BCUT2D eigenvalue weighted by atomic mass is 10.3. The summed E-state index contributed by atoms with van der Waals surface area (Å²) >= 11 is 1.73. The van der Waals surface area contributed by atoms with Crippen molar-refractivity contribution in [2.75, 3.05) is 13.1 Å². The number of hydrogen-bond acceptors (Lipinski definition) is 2. The monoisotopic (exact) mass is 270 g/mol. The topological polar surface area (TPSA) is 24.7 Å². The first-order valence-electron chi connectivity index (χ1n) is 6.63. The second-order valence-corrected chi connectivity index (χ2v) is 6.02. The van der Waals surface area contributed by atoms with Crippen molar-refractivity contribution in [1.82, 2.24) is 9.30 Å². The van der Waals surface area contributed by atoms with Gasteiger partial charge < -0.3 is 4.90 Å². The number of likely N-dealkylation sites (tertiary alicyclic amines) is 1. The van der Waals surface area contributed by atoms with Gasteiger partial charge >= 0.3 is 0 Å². The summed E-state index contributed by atoms with van der Waals surface area (Å²) in [6, 6.07) is 12.3. The molecule has 0 atom stereocenters. The van der Waals surface area contributed by atoms with Gasteiger partial charge in [0.15, 0.2) is 0 Å². The predicted octanol–water partition coefficient (Wildman–Crippen LogP) is 3.39. The molecule has 0 bridgehead atoms. The molecule has 0 N–H and O–H groups in total. The van der Waals surface area contributed by atoms with E-state index in [1.807, 2.05) is 29.2 Å². The summed E-state index contributed by atoms with van der Waals surface area (Å²) < 4.78 is 3.33. The van der Waals surface area contributed by atoms with Crippen LogP contribution >= 0.6 is 11.3 Å². The summed E-state index contributed by atoms with van der Waals surface area (Å²) in [6.45, 7) is 1.79. The number of carbonyl (C=O) groups is 1. The van der Waals surface area contributed by atoms with E-state index in [4.69, 9.17) is 0 Å². The molecule has 0 aliphatic carbocycles. The maximum atomic E-state index is 12.6. The van der Waals surface area contributed by atoms with Crippen LogP contribution in [0.3, 0.4) is 0 Å². The van der Waals surface area contributed by atoms with Gasteiger partial charge in [0, 0.05) is 13.1 Å². The molecule has 1 amide bonds. The molecule has 1 fully saturated rings. The molecule has 0 saturated carbocycles. The average Bonchev–Trinajstić information content (AvgIpc) is 3.14. The van der Waals surface area contributed by atoms with Gasteiger partial charge in [0.2, 0.25) is 0 Å². The number of benzene rings is 1. The number of carbonyl (C=O) groups excluding carboxylic acids is 1. The zero-order valence-electron chi connectivity index (χ0n) is 10.5. The zero-order valence-corrected chi connectivity index (χ0v) is 11.3. The molecule has 3 aromatic rings. The predicted molar refractivity (Wildman–Crippen MR) is 77.9 cm³/mol. The fraction of sp³-hybridized carbons (Fsp3) is 0.267. The molecule has 1 aliphatic rings. The summed E-state index contributed by atoms with van der Waals surface area (Å²) in [5.41, 5.74) is 1.93. The van der Waals surface area contributed by atoms with E-state index < -0.39 is 0 Å². The van der Waals surface area contributed by atoms with Crippen LogP contribution in [0, 0.1) is 0 Å². The van der Waals surface area contributed by atoms with Crippen LogP contribution in [0.5, 0.6) is 0 Å². The highest BCUT2D eigenvalue weighted by atomic mass is 32.1. The minimum Gasteiger partial charge on any atom is -0.337 e. The molecule has 4 rings (SSSR count). The number of rotatable bonds is 1. The number of fused-ring (bicyclic) bond motifs is 3. The van der Waals surface area contributed by atoms with Crippen LogP contribution in [0.4, 0.5) is 0 Å². The molecule has 0 unspecified atom stereocenters. The van der Waals surface area contributed by atoms with Gasteiger partial charge in [0.25, 0.3) is 5.91 Å². The van der Waals surface area contributed by atoms with Crippen molar-refractivity contribution in [2.45, 2.75) is 12.8 Å². The molecule has 0 spiro atoms. The summed E-state index contributed by atoms with van der Waals surface area (Å²) in [5.74, 6) is 0.168. The number of amides is 1. The quantitative estimate of drug-likeness (QED) is 0.665. The molecule has 96 valence electrons. The minimum atomic E-state index is 0.168. The Bertz CT molecular complexity index is 765. The third kappa shape index (κ3) is 1.60. The standard InChI is InChI=1S/C15H14N2OS/c18-15(16-9-3-4-10-16)12-7-8-14-17(12)11-5-1-2-6-13(11)19-14/h1-2,5-8H,3-4,9-10H2. The van der Waals surface area contributed by atoms with Gasteiger partial charge in [0.1, 0.15) is 10.5 Å². The minimum absolute atomic E-state index is 0.168. The Balaban J connectivity index is 1.91. The Morgan fingerprint density at radius 3 is 2.68 bits per heavy atom. The summed E-state index contributed by atoms with van der Waals surface area (Å²) in [7, 11) is 0. The Hall–Kier alpha value is -1.81. The van der Waals surface area contributed by atoms with Gasteiger partial charge in [0.05, 0.1) is 10.2 Å². The molecule has 19 heavy (non-hydrogen) atoms. The molecule has 0 radical (unpaired) electrons. The normalized spacial score (nSPS) is 15.7. The highest BCUT2D eigenvalue weighted by Crippen LogP contribution is 2.29. The molecule has 2 aromatic heterocycles. The van der Waals surface area contributed by atoms with Gasteiger partial charge in [-0.05, 0) is 37.1 Å². The summed E-state index contributed by atoms with van der Waals surface area (Å²) in [5, 5.41) is 0. The van der Waals surface area contributed by atoms with Crippen LogP contribution in [0.25, 0.3) is 15.0 Å². The molecule has 3 nitrogen and oxygen atoms in total. The van der Waals surface area contributed by atoms with E-state index in [1.165, 1.54) is 4.70 Å². The Kier molecular flexibility index (Phi) is 2.38. The van der Waals surface area contributed by atoms with Gasteiger partial charge in [-0.1, -0.05) is 12.1 Å². The first-order valence-corrected chi connectivity index (χ1v) is 7.44. The van der Waals surface area contributed by atoms with Crippen LogP contribution in [-0.4, -0.2) is 28.3 Å². The van der Waals surface area contributed by atoms with Crippen molar-refractivity contribution < 1.29 is 4.79 Å². The number of para-hydroxylation sites is 1. The van der Waals surface area contributed by atoms with Crippen LogP contribution < -0.4 is 0 Å². The Morgan fingerprint density at radius 1 is 1.05 bits per heavy atom. The molecule has 3 heterocycles. The van der Waals surface area contributed by atoms with E-state index >= 15 is 0 Å². The lowest BCUT2D eigenvalue weighted by Gasteiger charge is -2.14. The smallest absolute Gasteiger partial charge is 0.270 e. The van der Waals surface area contributed by atoms with Crippen LogP contribution in [0.2, 0.25) is 0 Å². The molecular weight excluding hydrogens is 256 g/mol. The molecular formula is C15H14N2OS. The van der Waals surface area contributed by atoms with E-state index in [1.54, 1.807) is 11.3 Å². The van der Waals surface area contributed by atoms with E-state index in [0.717, 1.165) is 42.0 Å². The first-order chi connectivity index (χ1) is 9.34. The summed E-state index contributed by atoms with van der Waals surface area (Å²) in [6.07, 6.45) is 2.26. The van der Waals surface area contributed by atoms with Crippen molar-refractivity contribution in [2.24, 2.45) is 0 Å². The fourth-order valence-corrected chi connectivity index (χ4v) is 3.90. The fourth-order valence-electron chi connectivity index (χ4n) is 2.84. The number of nitrogens with zero attached hydrogens (tertiary/aromatic N) is 2. The molecule has 1 saturated heterocycles. The van der Waals surface area contributed by atoms with Crippen molar-refractivity contribution in [3.8, 4) is 0 Å². The highest BCUT2D eigenvalue weighted by Gasteiger charge is 2.23. The van der Waals surface area contributed by atoms with Crippen molar-refractivity contribution in [3.63, 3.8) is 0 Å². The van der Waals surface area contributed by atoms with Gasteiger partial charge in [-0.2, -0.15) is 0 Å². The van der Waals surface area contributed by atoms with Crippen molar-refractivity contribution in [1.29, 1.82) is 0 Å². The maximum absolute atomic E-state index is 12.6. The van der Waals surface area contributed by atoms with Gasteiger partial charge in [-0.3, -0.25) is 9.20 Å². The second kappa shape index (κ2) is 4.10. The van der Waals surface area contributed by atoms with Crippen LogP contribution in [-0.2, 0) is 0 Å². The SMILES string of the molecule is O=C(c1ccc2sc3ccccc3n12)N1CCCC1. The van der Waals surface area contributed by atoms with Crippen molar-refractivity contribution >= 4 is 32.3 Å². The Labute approximate surface area is 115 Å². The van der Waals surface area contributed by atoms with Crippen LogP contribution in [0.1, 0.15) is 23.3 Å². The third-order valence-electron chi connectivity index (χ3n) is 3.78. The highest BCUT2D eigenvalue weighted by molar-refractivity contribution is 7.24. The van der Waals surface area contributed by atoms with E-state index in [9.17, 15) is 4.79 Å². The second-order valence-electron chi connectivity index (χ2n) is 4.96. The first kappa shape index (κ1) is 11.1. The van der Waals surface area contributed by atoms with E-state index in [-0.39, 0.29) is 5.91 Å². The lowest BCUT2D eigenvalue weighted by Crippen LogP contribution is -2.28. The van der Waals surface area contributed by atoms with Crippen molar-refractivity contribution in [3.05, 3.63) is 42.1 Å². The van der Waals surface area contributed by atoms with E-state index in [0.29, 0.717) is 0 Å². The largest absolute Gasteiger partial charge is 0.337 e. The summed E-state index contributed by atoms with van der Waals surface area (Å²) in [4.78, 5) is 15.7.